The van der Waals surface area contributed by atoms with E-state index in [-0.39, 0.29) is 17.9 Å². The third-order valence-electron chi connectivity index (χ3n) is 2.13. The van der Waals surface area contributed by atoms with Crippen molar-refractivity contribution in [2.24, 2.45) is 0 Å². The fourth-order valence-corrected chi connectivity index (χ4v) is 1.20. The van der Waals surface area contributed by atoms with Gasteiger partial charge < -0.3 is 15.6 Å². The van der Waals surface area contributed by atoms with E-state index in [1.54, 1.807) is 13.0 Å². The van der Waals surface area contributed by atoms with Crippen LogP contribution in [0.1, 0.15) is 6.92 Å². The molecule has 0 aromatic heterocycles. The van der Waals surface area contributed by atoms with Crippen molar-refractivity contribution >= 4 is 17.3 Å². The highest BCUT2D eigenvalue weighted by atomic mass is 16.6. The summed E-state index contributed by atoms with van der Waals surface area (Å²) in [5.41, 5.74) is 5.51. The Morgan fingerprint density at radius 3 is 2.65 bits per heavy atom. The van der Waals surface area contributed by atoms with Crippen LogP contribution in [0.4, 0.5) is 11.4 Å². The van der Waals surface area contributed by atoms with Gasteiger partial charge in [0.25, 0.3) is 5.69 Å². The van der Waals surface area contributed by atoms with Crippen molar-refractivity contribution in [2.75, 3.05) is 12.0 Å². The number of hydrogen-bond donors (Lipinski definition) is 2. The number of nitrogens with zero attached hydrogens (tertiary/aromatic N) is 2. The van der Waals surface area contributed by atoms with Gasteiger partial charge in [-0.05, 0) is 19.1 Å². The highest BCUT2D eigenvalue weighted by Crippen LogP contribution is 2.14. The Morgan fingerprint density at radius 1 is 1.50 bits per heavy atom. The van der Waals surface area contributed by atoms with E-state index >= 15 is 0 Å². The average Bonchev–Trinajstić information content (AvgIpc) is 2.44. The van der Waals surface area contributed by atoms with Gasteiger partial charge in [0, 0.05) is 18.3 Å². The van der Waals surface area contributed by atoms with Crippen molar-refractivity contribution in [3.8, 4) is 6.07 Å². The molecule has 0 aliphatic heterocycles. The number of carbonyl (C=O) groups excluding carboxylic acids is 1. The fraction of sp³-hybridized carbons (Fsp3) is 0.167. The van der Waals surface area contributed by atoms with Crippen LogP contribution in [0.2, 0.25) is 0 Å². The minimum absolute atomic E-state index is 0.0321. The first kappa shape index (κ1) is 15.0. The molecule has 104 valence electrons. The van der Waals surface area contributed by atoms with Crippen LogP contribution in [0, 0.1) is 21.4 Å². The Hall–Kier alpha value is -3.08. The number of rotatable bonds is 6. The predicted molar refractivity (Wildman–Crippen MR) is 70.2 cm³/mol. The average molecular weight is 276 g/mol. The second-order valence-electron chi connectivity index (χ2n) is 3.46. The van der Waals surface area contributed by atoms with E-state index in [9.17, 15) is 14.9 Å². The van der Waals surface area contributed by atoms with Crippen molar-refractivity contribution in [1.82, 2.24) is 5.43 Å². The van der Waals surface area contributed by atoms with Crippen LogP contribution in [0.25, 0.3) is 0 Å². The Kier molecular flexibility index (Phi) is 5.52. The van der Waals surface area contributed by atoms with E-state index in [1.165, 1.54) is 24.3 Å². The van der Waals surface area contributed by atoms with Gasteiger partial charge in [0.2, 0.25) is 0 Å². The molecule has 0 heterocycles. The number of carbonyl (C=O) groups is 1. The van der Waals surface area contributed by atoms with Crippen LogP contribution >= 0.6 is 0 Å². The van der Waals surface area contributed by atoms with E-state index in [4.69, 9.17) is 5.26 Å². The van der Waals surface area contributed by atoms with Crippen LogP contribution in [0.3, 0.4) is 0 Å². The number of nitriles is 1. The molecule has 1 rings (SSSR count). The summed E-state index contributed by atoms with van der Waals surface area (Å²) in [5.74, 6) is -0.729. The van der Waals surface area contributed by atoms with Crippen molar-refractivity contribution in [1.29, 1.82) is 5.26 Å². The van der Waals surface area contributed by atoms with E-state index in [0.717, 1.165) is 6.20 Å². The van der Waals surface area contributed by atoms with Gasteiger partial charge in [-0.1, -0.05) is 0 Å². The number of ether oxygens (including phenoxy) is 1. The van der Waals surface area contributed by atoms with Crippen LogP contribution in [-0.2, 0) is 9.53 Å². The van der Waals surface area contributed by atoms with Gasteiger partial charge in [0.1, 0.15) is 6.07 Å². The van der Waals surface area contributed by atoms with Gasteiger partial charge in [0.05, 0.1) is 17.2 Å². The minimum atomic E-state index is -0.729. The summed E-state index contributed by atoms with van der Waals surface area (Å²) >= 11 is 0. The number of non-ortho nitro benzene ring substituents is 1. The molecule has 0 amide bonds. The first-order chi connectivity index (χ1) is 9.58. The number of nitrogens with one attached hydrogen (secondary N) is 2. The second-order valence-corrected chi connectivity index (χ2v) is 3.46. The standard InChI is InChI=1S/C12H12N4O4/c1-2-20-12(17)9(7-13)8-14-15-10-3-5-11(6-4-10)16(18)19/h3-6,8,14-15H,2H2,1H3/b9-8+. The number of hydrogen-bond acceptors (Lipinski definition) is 7. The van der Waals surface area contributed by atoms with Gasteiger partial charge >= 0.3 is 5.97 Å². The Labute approximate surface area is 114 Å². The molecular formula is C12H12N4O4. The van der Waals surface area contributed by atoms with Crippen molar-refractivity contribution in [2.45, 2.75) is 6.92 Å². The van der Waals surface area contributed by atoms with E-state index in [0.29, 0.717) is 5.69 Å². The number of anilines is 1. The lowest BCUT2D eigenvalue weighted by Crippen LogP contribution is -2.17. The highest BCUT2D eigenvalue weighted by molar-refractivity contribution is 5.92. The molecule has 0 aliphatic carbocycles. The lowest BCUT2D eigenvalue weighted by atomic mass is 10.3. The third kappa shape index (κ3) is 4.30. The number of nitro groups is 1. The minimum Gasteiger partial charge on any atom is -0.462 e. The summed E-state index contributed by atoms with van der Waals surface area (Å²) in [6.07, 6.45) is 1.15. The zero-order valence-corrected chi connectivity index (χ0v) is 10.6. The van der Waals surface area contributed by atoms with Gasteiger partial charge in [-0.3, -0.25) is 10.1 Å². The summed E-state index contributed by atoms with van der Waals surface area (Å²) in [7, 11) is 0. The van der Waals surface area contributed by atoms with Crippen LogP contribution < -0.4 is 10.9 Å². The lowest BCUT2D eigenvalue weighted by molar-refractivity contribution is -0.384. The molecule has 0 atom stereocenters. The molecular weight excluding hydrogens is 264 g/mol. The zero-order chi connectivity index (χ0) is 15.0. The smallest absolute Gasteiger partial charge is 0.350 e. The molecule has 0 radical (unpaired) electrons. The van der Waals surface area contributed by atoms with Crippen LogP contribution in [0.5, 0.6) is 0 Å². The third-order valence-corrected chi connectivity index (χ3v) is 2.13. The maximum Gasteiger partial charge on any atom is 0.350 e. The van der Waals surface area contributed by atoms with Crippen LogP contribution in [-0.4, -0.2) is 17.5 Å². The Bertz CT molecular complexity index is 560. The first-order valence-electron chi connectivity index (χ1n) is 5.62. The predicted octanol–water partition coefficient (Wildman–Crippen LogP) is 1.48. The molecule has 0 aliphatic rings. The molecule has 0 saturated heterocycles. The molecule has 1 aromatic rings. The zero-order valence-electron chi connectivity index (χ0n) is 10.6. The van der Waals surface area contributed by atoms with Gasteiger partial charge in [-0.2, -0.15) is 5.26 Å². The van der Waals surface area contributed by atoms with Crippen molar-refractivity contribution in [3.05, 3.63) is 46.2 Å². The normalized spacial score (nSPS) is 10.3. The first-order valence-corrected chi connectivity index (χ1v) is 5.62. The molecule has 20 heavy (non-hydrogen) atoms. The summed E-state index contributed by atoms with van der Waals surface area (Å²) in [6, 6.07) is 7.30. The molecule has 0 bridgehead atoms. The molecule has 1 aromatic carbocycles. The van der Waals surface area contributed by atoms with Crippen molar-refractivity contribution in [3.63, 3.8) is 0 Å². The van der Waals surface area contributed by atoms with E-state index in [1.807, 2.05) is 0 Å². The topological polar surface area (TPSA) is 117 Å². The maximum atomic E-state index is 11.3. The quantitative estimate of drug-likeness (QED) is 0.265. The Balaban J connectivity index is 2.60. The summed E-state index contributed by atoms with van der Waals surface area (Å²) < 4.78 is 4.67. The number of nitro benzene ring substituents is 1. The number of esters is 1. The lowest BCUT2D eigenvalue weighted by Gasteiger charge is -2.06. The molecule has 0 saturated carbocycles. The molecule has 2 N–H and O–H groups in total. The number of hydrazine groups is 1. The maximum absolute atomic E-state index is 11.3. The van der Waals surface area contributed by atoms with Crippen LogP contribution in [0.15, 0.2) is 36.0 Å². The largest absolute Gasteiger partial charge is 0.462 e. The molecule has 8 nitrogen and oxygen atoms in total. The van der Waals surface area contributed by atoms with E-state index < -0.39 is 10.9 Å². The SMILES string of the molecule is CCOC(=O)/C(C#N)=C/NNc1ccc([N+](=O)[O-])cc1. The van der Waals surface area contributed by atoms with Gasteiger partial charge in [-0.25, -0.2) is 4.79 Å². The monoisotopic (exact) mass is 276 g/mol. The molecule has 8 heteroatoms. The molecule has 0 fully saturated rings. The highest BCUT2D eigenvalue weighted by Gasteiger charge is 2.09. The molecule has 0 unspecified atom stereocenters. The summed E-state index contributed by atoms with van der Waals surface area (Å²) in [6.45, 7) is 1.81. The molecule has 0 spiro atoms. The summed E-state index contributed by atoms with van der Waals surface area (Å²) in [4.78, 5) is 21.2. The van der Waals surface area contributed by atoms with Crippen molar-refractivity contribution < 1.29 is 14.5 Å². The second kappa shape index (κ2) is 7.38. The van der Waals surface area contributed by atoms with E-state index in [2.05, 4.69) is 15.6 Å². The summed E-state index contributed by atoms with van der Waals surface area (Å²) in [5, 5.41) is 19.2. The number of benzene rings is 1. The fourth-order valence-electron chi connectivity index (χ4n) is 1.20. The van der Waals surface area contributed by atoms with Gasteiger partial charge in [-0.15, -0.1) is 0 Å². The Morgan fingerprint density at radius 2 is 2.15 bits per heavy atom. The van der Waals surface area contributed by atoms with Gasteiger partial charge in [0.15, 0.2) is 5.57 Å².